The summed E-state index contributed by atoms with van der Waals surface area (Å²) in [5, 5.41) is 3.45. The number of aryl methyl sites for hydroxylation is 1. The van der Waals surface area contributed by atoms with Crippen LogP contribution in [0.3, 0.4) is 0 Å². The lowest BCUT2D eigenvalue weighted by atomic mass is 9.96. The molecule has 1 unspecified atom stereocenters. The van der Waals surface area contributed by atoms with Crippen molar-refractivity contribution >= 4 is 22.2 Å². The fourth-order valence-electron chi connectivity index (χ4n) is 2.67. The monoisotopic (exact) mass is 270 g/mol. The number of rotatable bonds is 4. The zero-order chi connectivity index (χ0) is 13.2. The summed E-state index contributed by atoms with van der Waals surface area (Å²) in [6.07, 6.45) is 1.01. The first-order valence-electron chi connectivity index (χ1n) is 6.59. The van der Waals surface area contributed by atoms with E-state index in [1.165, 1.54) is 27.0 Å². The van der Waals surface area contributed by atoms with Crippen LogP contribution in [-0.4, -0.2) is 11.5 Å². The van der Waals surface area contributed by atoms with Crippen molar-refractivity contribution < 1.29 is 0 Å². The van der Waals surface area contributed by atoms with Gasteiger partial charge in [-0.2, -0.15) is 0 Å². The number of nitrogens with one attached hydrogen (secondary N) is 1. The van der Waals surface area contributed by atoms with Crippen LogP contribution in [0.15, 0.2) is 41.8 Å². The molecule has 2 heterocycles. The van der Waals surface area contributed by atoms with Crippen LogP contribution in [0, 0.1) is 6.92 Å². The average molecular weight is 270 g/mol. The standard InChI is InChI=1S/C16H18N2S/c1-11-14(13-5-2-3-6-15(13)18-11)9-12(10-17)16-7-4-8-19-16/h2-8,12,18H,9-10,17H2,1H3. The molecule has 2 nitrogen and oxygen atoms in total. The lowest BCUT2D eigenvalue weighted by Gasteiger charge is -2.13. The van der Waals surface area contributed by atoms with E-state index in [9.17, 15) is 0 Å². The maximum Gasteiger partial charge on any atom is 0.0458 e. The number of hydrogen-bond donors (Lipinski definition) is 2. The third-order valence-electron chi connectivity index (χ3n) is 3.71. The summed E-state index contributed by atoms with van der Waals surface area (Å²) in [5.41, 5.74) is 9.85. The first kappa shape index (κ1) is 12.5. The molecule has 2 aromatic heterocycles. The Morgan fingerprint density at radius 3 is 2.79 bits per heavy atom. The summed E-state index contributed by atoms with van der Waals surface area (Å²) in [7, 11) is 0. The first-order chi connectivity index (χ1) is 9.29. The van der Waals surface area contributed by atoms with E-state index in [1.54, 1.807) is 11.3 Å². The fraction of sp³-hybridized carbons (Fsp3) is 0.250. The molecule has 3 rings (SSSR count). The highest BCUT2D eigenvalue weighted by Crippen LogP contribution is 2.29. The number of para-hydroxylation sites is 1. The molecule has 0 saturated carbocycles. The third-order valence-corrected chi connectivity index (χ3v) is 4.74. The van der Waals surface area contributed by atoms with Gasteiger partial charge in [0.05, 0.1) is 0 Å². The Kier molecular flexibility index (Phi) is 3.40. The molecule has 0 radical (unpaired) electrons. The minimum Gasteiger partial charge on any atom is -0.358 e. The van der Waals surface area contributed by atoms with Crippen LogP contribution in [0.4, 0.5) is 0 Å². The molecule has 3 heteroatoms. The smallest absolute Gasteiger partial charge is 0.0458 e. The van der Waals surface area contributed by atoms with Crippen LogP contribution in [-0.2, 0) is 6.42 Å². The maximum absolute atomic E-state index is 5.97. The van der Waals surface area contributed by atoms with Gasteiger partial charge in [-0.3, -0.25) is 0 Å². The summed E-state index contributed by atoms with van der Waals surface area (Å²) >= 11 is 1.80. The summed E-state index contributed by atoms with van der Waals surface area (Å²) in [5.74, 6) is 0.415. The molecule has 1 atom stereocenters. The van der Waals surface area contributed by atoms with Crippen molar-refractivity contribution in [2.75, 3.05) is 6.54 Å². The number of aromatic amines is 1. The van der Waals surface area contributed by atoms with Gasteiger partial charge in [-0.05, 0) is 36.4 Å². The van der Waals surface area contributed by atoms with E-state index in [-0.39, 0.29) is 0 Å². The van der Waals surface area contributed by atoms with Crippen molar-refractivity contribution in [3.8, 4) is 0 Å². The Morgan fingerprint density at radius 2 is 2.05 bits per heavy atom. The number of H-pyrrole nitrogens is 1. The Hall–Kier alpha value is -1.58. The number of thiophene rings is 1. The zero-order valence-electron chi connectivity index (χ0n) is 11.0. The Morgan fingerprint density at radius 1 is 1.21 bits per heavy atom. The van der Waals surface area contributed by atoms with Crippen molar-refractivity contribution in [2.24, 2.45) is 5.73 Å². The van der Waals surface area contributed by atoms with E-state index >= 15 is 0 Å². The molecule has 0 aliphatic carbocycles. The van der Waals surface area contributed by atoms with Crippen molar-refractivity contribution in [1.82, 2.24) is 4.98 Å². The van der Waals surface area contributed by atoms with Crippen LogP contribution in [0.25, 0.3) is 10.9 Å². The van der Waals surface area contributed by atoms with Gasteiger partial charge in [0.25, 0.3) is 0 Å². The topological polar surface area (TPSA) is 41.8 Å². The second-order valence-electron chi connectivity index (χ2n) is 4.93. The number of fused-ring (bicyclic) bond motifs is 1. The van der Waals surface area contributed by atoms with Gasteiger partial charge in [0.1, 0.15) is 0 Å². The predicted molar refractivity (Wildman–Crippen MR) is 82.9 cm³/mol. The van der Waals surface area contributed by atoms with E-state index < -0.39 is 0 Å². The van der Waals surface area contributed by atoms with Gasteiger partial charge >= 0.3 is 0 Å². The molecule has 0 bridgehead atoms. The number of hydrogen-bond acceptors (Lipinski definition) is 2. The van der Waals surface area contributed by atoms with Crippen molar-refractivity contribution in [3.63, 3.8) is 0 Å². The predicted octanol–water partition coefficient (Wildman–Crippen LogP) is 3.82. The minimum atomic E-state index is 0.415. The molecule has 0 fully saturated rings. The zero-order valence-corrected chi connectivity index (χ0v) is 11.8. The number of benzene rings is 1. The third kappa shape index (κ3) is 2.31. The quantitative estimate of drug-likeness (QED) is 0.743. The van der Waals surface area contributed by atoms with Crippen LogP contribution >= 0.6 is 11.3 Å². The molecule has 0 spiro atoms. The first-order valence-corrected chi connectivity index (χ1v) is 7.47. The van der Waals surface area contributed by atoms with Gasteiger partial charge in [0.15, 0.2) is 0 Å². The summed E-state index contributed by atoms with van der Waals surface area (Å²) < 4.78 is 0. The van der Waals surface area contributed by atoms with Gasteiger partial charge in [0, 0.05) is 33.9 Å². The normalized spacial score (nSPS) is 12.9. The highest BCUT2D eigenvalue weighted by atomic mass is 32.1. The molecule has 0 amide bonds. The average Bonchev–Trinajstić information content (AvgIpc) is 3.04. The Bertz CT molecular complexity index is 667. The highest BCUT2D eigenvalue weighted by Gasteiger charge is 2.16. The van der Waals surface area contributed by atoms with E-state index in [2.05, 4.69) is 53.7 Å². The molecular formula is C16H18N2S. The highest BCUT2D eigenvalue weighted by molar-refractivity contribution is 7.10. The maximum atomic E-state index is 5.97. The van der Waals surface area contributed by atoms with E-state index in [4.69, 9.17) is 5.73 Å². The molecule has 1 aromatic carbocycles. The van der Waals surface area contributed by atoms with Gasteiger partial charge in [-0.15, -0.1) is 11.3 Å². The van der Waals surface area contributed by atoms with Crippen LogP contribution in [0.1, 0.15) is 22.1 Å². The van der Waals surface area contributed by atoms with Gasteiger partial charge in [-0.25, -0.2) is 0 Å². The summed E-state index contributed by atoms with van der Waals surface area (Å²) in [4.78, 5) is 4.85. The number of nitrogens with two attached hydrogens (primary N) is 1. The second kappa shape index (κ2) is 5.19. The number of aromatic nitrogens is 1. The summed E-state index contributed by atoms with van der Waals surface area (Å²) in [6, 6.07) is 12.8. The molecule has 0 aliphatic heterocycles. The van der Waals surface area contributed by atoms with Crippen LogP contribution < -0.4 is 5.73 Å². The SMILES string of the molecule is Cc1[nH]c2ccccc2c1CC(CN)c1cccs1. The van der Waals surface area contributed by atoms with Gasteiger partial charge < -0.3 is 10.7 Å². The van der Waals surface area contributed by atoms with Gasteiger partial charge in [0.2, 0.25) is 0 Å². The molecule has 3 aromatic rings. The Labute approximate surface area is 117 Å². The molecular weight excluding hydrogens is 252 g/mol. The molecule has 0 saturated heterocycles. The van der Waals surface area contributed by atoms with Crippen molar-refractivity contribution in [2.45, 2.75) is 19.3 Å². The molecule has 98 valence electrons. The molecule has 19 heavy (non-hydrogen) atoms. The van der Waals surface area contributed by atoms with Gasteiger partial charge in [-0.1, -0.05) is 24.3 Å². The molecule has 0 aliphatic rings. The van der Waals surface area contributed by atoms with Crippen LogP contribution in [0.5, 0.6) is 0 Å². The van der Waals surface area contributed by atoms with E-state index in [0.717, 1.165) is 6.42 Å². The largest absolute Gasteiger partial charge is 0.358 e. The Balaban J connectivity index is 1.98. The van der Waals surface area contributed by atoms with Crippen LogP contribution in [0.2, 0.25) is 0 Å². The lowest BCUT2D eigenvalue weighted by Crippen LogP contribution is -2.14. The van der Waals surface area contributed by atoms with Crippen molar-refractivity contribution in [3.05, 3.63) is 57.9 Å². The molecule has 3 N–H and O–H groups in total. The minimum absolute atomic E-state index is 0.415. The lowest BCUT2D eigenvalue weighted by molar-refractivity contribution is 0.707. The second-order valence-corrected chi connectivity index (χ2v) is 5.91. The van der Waals surface area contributed by atoms with E-state index in [0.29, 0.717) is 12.5 Å². The summed E-state index contributed by atoms with van der Waals surface area (Å²) in [6.45, 7) is 2.84. The van der Waals surface area contributed by atoms with Crippen molar-refractivity contribution in [1.29, 1.82) is 0 Å². The fourth-order valence-corrected chi connectivity index (χ4v) is 3.51. The van der Waals surface area contributed by atoms with E-state index in [1.807, 2.05) is 0 Å².